The SMILES string of the molecule is COc1ccc(CC(=O)N(Cc2ccccc2)[C@H](C)C(=O)NC(C)(C)C)cc1. The monoisotopic (exact) mass is 382 g/mol. The van der Waals surface area contributed by atoms with Crippen LogP contribution in [0.5, 0.6) is 5.75 Å². The Labute approximate surface area is 167 Å². The molecule has 0 saturated carbocycles. The van der Waals surface area contributed by atoms with E-state index in [9.17, 15) is 9.59 Å². The zero-order valence-electron chi connectivity index (χ0n) is 17.4. The molecule has 2 rings (SSSR count). The molecular formula is C23H30N2O3. The van der Waals surface area contributed by atoms with E-state index in [1.165, 1.54) is 0 Å². The molecular weight excluding hydrogens is 352 g/mol. The van der Waals surface area contributed by atoms with Crippen LogP contribution >= 0.6 is 0 Å². The molecule has 150 valence electrons. The number of hydrogen-bond donors (Lipinski definition) is 1. The first-order valence-electron chi connectivity index (χ1n) is 9.48. The molecule has 0 heterocycles. The van der Waals surface area contributed by atoms with Crippen LogP contribution in [-0.4, -0.2) is 35.4 Å². The van der Waals surface area contributed by atoms with Crippen LogP contribution in [0.25, 0.3) is 0 Å². The Balaban J connectivity index is 2.20. The van der Waals surface area contributed by atoms with Gasteiger partial charge in [-0.3, -0.25) is 9.59 Å². The third-order valence-electron chi connectivity index (χ3n) is 4.38. The average Bonchev–Trinajstić information content (AvgIpc) is 2.65. The molecule has 0 fully saturated rings. The van der Waals surface area contributed by atoms with E-state index in [0.717, 1.165) is 16.9 Å². The fourth-order valence-electron chi connectivity index (χ4n) is 2.86. The van der Waals surface area contributed by atoms with Gasteiger partial charge in [0.25, 0.3) is 0 Å². The van der Waals surface area contributed by atoms with Gasteiger partial charge in [-0.05, 0) is 51.0 Å². The Bertz CT molecular complexity index is 780. The van der Waals surface area contributed by atoms with Gasteiger partial charge < -0.3 is 15.0 Å². The van der Waals surface area contributed by atoms with Gasteiger partial charge in [0, 0.05) is 12.1 Å². The Kier molecular flexibility index (Phi) is 7.21. The van der Waals surface area contributed by atoms with Crippen molar-refractivity contribution in [3.63, 3.8) is 0 Å². The molecule has 0 aliphatic rings. The number of carbonyl (C=O) groups is 2. The predicted octanol–water partition coefficient (Wildman–Crippen LogP) is 3.57. The van der Waals surface area contributed by atoms with E-state index in [2.05, 4.69) is 5.32 Å². The average molecular weight is 383 g/mol. The standard InChI is InChI=1S/C23H30N2O3/c1-17(22(27)24-23(2,3)4)25(16-19-9-7-6-8-10-19)21(26)15-18-11-13-20(28-5)14-12-18/h6-14,17H,15-16H2,1-5H3,(H,24,27)/t17-/m1/s1. The third-order valence-corrected chi connectivity index (χ3v) is 4.38. The third kappa shape index (κ3) is 6.41. The van der Waals surface area contributed by atoms with Crippen LogP contribution in [-0.2, 0) is 22.6 Å². The molecule has 5 heteroatoms. The largest absolute Gasteiger partial charge is 0.497 e. The number of rotatable bonds is 7. The fourth-order valence-corrected chi connectivity index (χ4v) is 2.86. The van der Waals surface area contributed by atoms with E-state index in [1.54, 1.807) is 18.9 Å². The molecule has 0 aliphatic carbocycles. The minimum Gasteiger partial charge on any atom is -0.497 e. The summed E-state index contributed by atoms with van der Waals surface area (Å²) in [4.78, 5) is 27.4. The van der Waals surface area contributed by atoms with Crippen LogP contribution in [0.2, 0.25) is 0 Å². The number of carbonyl (C=O) groups excluding carboxylic acids is 2. The van der Waals surface area contributed by atoms with Crippen molar-refractivity contribution in [1.29, 1.82) is 0 Å². The smallest absolute Gasteiger partial charge is 0.242 e. The second-order valence-corrected chi connectivity index (χ2v) is 7.95. The van der Waals surface area contributed by atoms with Crippen LogP contribution in [0.15, 0.2) is 54.6 Å². The van der Waals surface area contributed by atoms with Gasteiger partial charge in [0.15, 0.2) is 0 Å². The van der Waals surface area contributed by atoms with Gasteiger partial charge in [-0.2, -0.15) is 0 Å². The molecule has 1 atom stereocenters. The summed E-state index contributed by atoms with van der Waals surface area (Å²) in [6, 6.07) is 16.6. The highest BCUT2D eigenvalue weighted by molar-refractivity contribution is 5.88. The molecule has 0 spiro atoms. The minimum absolute atomic E-state index is 0.0921. The maximum Gasteiger partial charge on any atom is 0.242 e. The van der Waals surface area contributed by atoms with Gasteiger partial charge in [-0.1, -0.05) is 42.5 Å². The van der Waals surface area contributed by atoms with Crippen LogP contribution in [0.4, 0.5) is 0 Å². The molecule has 0 bridgehead atoms. The van der Waals surface area contributed by atoms with Gasteiger partial charge in [0.1, 0.15) is 11.8 Å². The fraction of sp³-hybridized carbons (Fsp3) is 0.391. The van der Waals surface area contributed by atoms with E-state index in [-0.39, 0.29) is 23.8 Å². The first-order valence-corrected chi connectivity index (χ1v) is 9.48. The summed E-state index contributed by atoms with van der Waals surface area (Å²) in [5, 5.41) is 2.97. The zero-order chi connectivity index (χ0) is 20.7. The topological polar surface area (TPSA) is 58.6 Å². The molecule has 2 aromatic rings. The highest BCUT2D eigenvalue weighted by Crippen LogP contribution is 2.16. The maximum absolute atomic E-state index is 13.1. The summed E-state index contributed by atoms with van der Waals surface area (Å²) in [5.41, 5.74) is 1.51. The van der Waals surface area contributed by atoms with Crippen molar-refractivity contribution < 1.29 is 14.3 Å². The summed E-state index contributed by atoms with van der Waals surface area (Å²) >= 11 is 0. The van der Waals surface area contributed by atoms with E-state index < -0.39 is 6.04 Å². The van der Waals surface area contributed by atoms with Crippen LogP contribution in [0.3, 0.4) is 0 Å². The van der Waals surface area contributed by atoms with Crippen molar-refractivity contribution >= 4 is 11.8 Å². The lowest BCUT2D eigenvalue weighted by atomic mass is 10.1. The minimum atomic E-state index is -0.579. The number of methoxy groups -OCH3 is 1. The number of ether oxygens (including phenoxy) is 1. The molecule has 2 amide bonds. The van der Waals surface area contributed by atoms with Crippen LogP contribution < -0.4 is 10.1 Å². The van der Waals surface area contributed by atoms with Crippen molar-refractivity contribution in [3.8, 4) is 5.75 Å². The van der Waals surface area contributed by atoms with Gasteiger partial charge in [0.2, 0.25) is 11.8 Å². The highest BCUT2D eigenvalue weighted by atomic mass is 16.5. The van der Waals surface area contributed by atoms with Gasteiger partial charge >= 0.3 is 0 Å². The molecule has 28 heavy (non-hydrogen) atoms. The molecule has 0 unspecified atom stereocenters. The van der Waals surface area contributed by atoms with E-state index >= 15 is 0 Å². The molecule has 5 nitrogen and oxygen atoms in total. The molecule has 0 radical (unpaired) electrons. The Morgan fingerprint density at radius 3 is 2.14 bits per heavy atom. The number of hydrogen-bond acceptors (Lipinski definition) is 3. The highest BCUT2D eigenvalue weighted by Gasteiger charge is 2.28. The van der Waals surface area contributed by atoms with E-state index in [0.29, 0.717) is 6.54 Å². The number of nitrogens with one attached hydrogen (secondary N) is 1. The van der Waals surface area contributed by atoms with Crippen LogP contribution in [0, 0.1) is 0 Å². The second-order valence-electron chi connectivity index (χ2n) is 7.95. The van der Waals surface area contributed by atoms with Crippen LogP contribution in [0.1, 0.15) is 38.8 Å². The summed E-state index contributed by atoms with van der Waals surface area (Å²) < 4.78 is 5.17. The van der Waals surface area contributed by atoms with E-state index in [1.807, 2.05) is 75.4 Å². The summed E-state index contributed by atoms with van der Waals surface area (Å²) in [5.74, 6) is 0.493. The second kappa shape index (κ2) is 9.40. The predicted molar refractivity (Wildman–Crippen MR) is 111 cm³/mol. The van der Waals surface area contributed by atoms with Crippen molar-refractivity contribution in [2.75, 3.05) is 7.11 Å². The lowest BCUT2D eigenvalue weighted by molar-refractivity contribution is -0.140. The van der Waals surface area contributed by atoms with Gasteiger partial charge in [-0.25, -0.2) is 0 Å². The van der Waals surface area contributed by atoms with Gasteiger partial charge in [0.05, 0.1) is 13.5 Å². The van der Waals surface area contributed by atoms with Crippen molar-refractivity contribution in [2.24, 2.45) is 0 Å². The summed E-state index contributed by atoms with van der Waals surface area (Å²) in [6.45, 7) is 7.94. The molecule has 1 N–H and O–H groups in total. The quantitative estimate of drug-likeness (QED) is 0.796. The first-order chi connectivity index (χ1) is 13.2. The Hall–Kier alpha value is -2.82. The lowest BCUT2D eigenvalue weighted by Crippen LogP contribution is -2.52. The molecule has 0 aliphatic heterocycles. The van der Waals surface area contributed by atoms with Crippen molar-refractivity contribution in [2.45, 2.75) is 52.2 Å². The van der Waals surface area contributed by atoms with Crippen molar-refractivity contribution in [3.05, 3.63) is 65.7 Å². The van der Waals surface area contributed by atoms with E-state index in [4.69, 9.17) is 4.74 Å². The van der Waals surface area contributed by atoms with Crippen molar-refractivity contribution in [1.82, 2.24) is 10.2 Å². The maximum atomic E-state index is 13.1. The summed E-state index contributed by atoms with van der Waals surface area (Å²) in [6.07, 6.45) is 0.226. The molecule has 2 aromatic carbocycles. The molecule has 0 saturated heterocycles. The normalized spacial score (nSPS) is 12.2. The summed E-state index contributed by atoms with van der Waals surface area (Å²) in [7, 11) is 1.61. The zero-order valence-corrected chi connectivity index (χ0v) is 17.4. The lowest BCUT2D eigenvalue weighted by Gasteiger charge is -2.31. The number of amides is 2. The Morgan fingerprint density at radius 1 is 1.00 bits per heavy atom. The van der Waals surface area contributed by atoms with Gasteiger partial charge in [-0.15, -0.1) is 0 Å². The Morgan fingerprint density at radius 2 is 1.61 bits per heavy atom. The number of nitrogens with zero attached hydrogens (tertiary/aromatic N) is 1. The number of benzene rings is 2. The molecule has 0 aromatic heterocycles. The first kappa shape index (κ1) is 21.5.